The molecule has 0 aliphatic carbocycles. The van der Waals surface area contributed by atoms with Crippen LogP contribution in [0.2, 0.25) is 0 Å². The zero-order chi connectivity index (χ0) is 14.7. The Morgan fingerprint density at radius 2 is 2.19 bits per heavy atom. The summed E-state index contributed by atoms with van der Waals surface area (Å²) in [6.45, 7) is 2.03. The number of H-pyrrole nitrogens is 2. The molecule has 21 heavy (non-hydrogen) atoms. The molecule has 0 saturated heterocycles. The van der Waals surface area contributed by atoms with Crippen molar-refractivity contribution in [3.05, 3.63) is 54.2 Å². The van der Waals surface area contributed by atoms with Crippen LogP contribution in [0, 0.1) is 0 Å². The Balaban J connectivity index is 1.71. The Hall–Kier alpha value is -2.56. The molecule has 0 bridgehead atoms. The summed E-state index contributed by atoms with van der Waals surface area (Å²) in [6.07, 6.45) is 6.53. The number of nitrogens with one attached hydrogen (secondary N) is 3. The highest BCUT2D eigenvalue weighted by molar-refractivity contribution is 5.88. The number of para-hydroxylation sites is 1. The maximum absolute atomic E-state index is 12.3. The van der Waals surface area contributed by atoms with Gasteiger partial charge in [0.2, 0.25) is 5.91 Å². The molecular weight excluding hydrogens is 264 g/mol. The first-order valence-corrected chi connectivity index (χ1v) is 7.11. The number of fused-ring (bicyclic) bond motifs is 1. The van der Waals surface area contributed by atoms with Crippen molar-refractivity contribution in [1.82, 2.24) is 20.3 Å². The summed E-state index contributed by atoms with van der Waals surface area (Å²) < 4.78 is 0. The van der Waals surface area contributed by atoms with Crippen LogP contribution >= 0.6 is 0 Å². The zero-order valence-corrected chi connectivity index (χ0v) is 11.9. The van der Waals surface area contributed by atoms with Crippen LogP contribution in [-0.2, 0) is 11.2 Å². The van der Waals surface area contributed by atoms with E-state index in [0.29, 0.717) is 6.42 Å². The van der Waals surface area contributed by atoms with E-state index in [1.807, 2.05) is 37.4 Å². The van der Waals surface area contributed by atoms with Gasteiger partial charge in [-0.25, -0.2) is 4.98 Å². The molecular formula is C16H18N4O. The quantitative estimate of drug-likeness (QED) is 0.673. The SMILES string of the molecule is CCC(NC(=O)Cc1c[nH]c2ccccc12)c1ncc[nH]1. The first kappa shape index (κ1) is 13.4. The van der Waals surface area contributed by atoms with E-state index in [1.54, 1.807) is 12.4 Å². The van der Waals surface area contributed by atoms with E-state index >= 15 is 0 Å². The summed E-state index contributed by atoms with van der Waals surface area (Å²) in [7, 11) is 0. The molecule has 0 spiro atoms. The van der Waals surface area contributed by atoms with Crippen LogP contribution < -0.4 is 5.32 Å². The lowest BCUT2D eigenvalue weighted by molar-refractivity contribution is -0.121. The van der Waals surface area contributed by atoms with Gasteiger partial charge in [0.05, 0.1) is 12.5 Å². The van der Waals surface area contributed by atoms with Crippen molar-refractivity contribution in [2.75, 3.05) is 0 Å². The number of aromatic nitrogens is 3. The van der Waals surface area contributed by atoms with Crippen molar-refractivity contribution < 1.29 is 4.79 Å². The first-order chi connectivity index (χ1) is 10.3. The van der Waals surface area contributed by atoms with Gasteiger partial charge in [-0.2, -0.15) is 0 Å². The molecule has 0 aliphatic rings. The third-order valence-electron chi connectivity index (χ3n) is 3.62. The van der Waals surface area contributed by atoms with Crippen molar-refractivity contribution in [2.45, 2.75) is 25.8 Å². The van der Waals surface area contributed by atoms with E-state index in [4.69, 9.17) is 0 Å². The Labute approximate surface area is 122 Å². The van der Waals surface area contributed by atoms with Crippen molar-refractivity contribution in [2.24, 2.45) is 0 Å². The second kappa shape index (κ2) is 5.83. The molecule has 108 valence electrons. The second-order valence-electron chi connectivity index (χ2n) is 5.04. The van der Waals surface area contributed by atoms with E-state index in [-0.39, 0.29) is 11.9 Å². The number of aromatic amines is 2. The number of nitrogens with zero attached hydrogens (tertiary/aromatic N) is 1. The molecule has 5 nitrogen and oxygen atoms in total. The molecule has 1 aromatic carbocycles. The summed E-state index contributed by atoms with van der Waals surface area (Å²) in [4.78, 5) is 22.7. The summed E-state index contributed by atoms with van der Waals surface area (Å²) in [5, 5.41) is 4.12. The number of carbonyl (C=O) groups excluding carboxylic acids is 1. The molecule has 0 fully saturated rings. The summed E-state index contributed by atoms with van der Waals surface area (Å²) in [5.41, 5.74) is 2.07. The third-order valence-corrected chi connectivity index (χ3v) is 3.62. The maximum Gasteiger partial charge on any atom is 0.225 e. The average Bonchev–Trinajstić information content (AvgIpc) is 3.15. The van der Waals surface area contributed by atoms with E-state index in [0.717, 1.165) is 28.7 Å². The molecule has 1 atom stereocenters. The topological polar surface area (TPSA) is 73.6 Å². The fraction of sp³-hybridized carbons (Fsp3) is 0.250. The second-order valence-corrected chi connectivity index (χ2v) is 5.04. The van der Waals surface area contributed by atoms with Gasteiger partial charge in [0.15, 0.2) is 0 Å². The van der Waals surface area contributed by atoms with Gasteiger partial charge >= 0.3 is 0 Å². The number of imidazole rings is 1. The molecule has 1 amide bonds. The lowest BCUT2D eigenvalue weighted by Crippen LogP contribution is -2.30. The molecule has 0 saturated carbocycles. The molecule has 3 N–H and O–H groups in total. The maximum atomic E-state index is 12.3. The number of hydrogen-bond donors (Lipinski definition) is 3. The van der Waals surface area contributed by atoms with Crippen LogP contribution in [0.4, 0.5) is 0 Å². The van der Waals surface area contributed by atoms with E-state index in [2.05, 4.69) is 20.3 Å². The molecule has 0 radical (unpaired) electrons. The van der Waals surface area contributed by atoms with Gasteiger partial charge in [0, 0.05) is 29.5 Å². The van der Waals surface area contributed by atoms with E-state index in [9.17, 15) is 4.79 Å². The number of carbonyl (C=O) groups is 1. The van der Waals surface area contributed by atoms with Gasteiger partial charge in [0.1, 0.15) is 5.82 Å². The molecule has 3 rings (SSSR count). The molecule has 2 aromatic heterocycles. The molecule has 0 aliphatic heterocycles. The smallest absolute Gasteiger partial charge is 0.225 e. The van der Waals surface area contributed by atoms with Crippen molar-refractivity contribution in [3.8, 4) is 0 Å². The molecule has 1 unspecified atom stereocenters. The van der Waals surface area contributed by atoms with Gasteiger partial charge < -0.3 is 15.3 Å². The van der Waals surface area contributed by atoms with Gasteiger partial charge in [0.25, 0.3) is 0 Å². The van der Waals surface area contributed by atoms with Crippen LogP contribution in [0.25, 0.3) is 10.9 Å². The van der Waals surface area contributed by atoms with Crippen molar-refractivity contribution in [1.29, 1.82) is 0 Å². The van der Waals surface area contributed by atoms with Gasteiger partial charge in [-0.1, -0.05) is 25.1 Å². The predicted octanol–water partition coefficient (Wildman–Crippen LogP) is 2.70. The third kappa shape index (κ3) is 2.81. The average molecular weight is 282 g/mol. The number of hydrogen-bond acceptors (Lipinski definition) is 2. The van der Waals surface area contributed by atoms with E-state index in [1.165, 1.54) is 0 Å². The minimum absolute atomic E-state index is 0.00278. The summed E-state index contributed by atoms with van der Waals surface area (Å²) >= 11 is 0. The summed E-state index contributed by atoms with van der Waals surface area (Å²) in [6, 6.07) is 7.92. The lowest BCUT2D eigenvalue weighted by atomic mass is 10.1. The van der Waals surface area contributed by atoms with E-state index < -0.39 is 0 Å². The lowest BCUT2D eigenvalue weighted by Gasteiger charge is -2.14. The zero-order valence-electron chi connectivity index (χ0n) is 11.9. The van der Waals surface area contributed by atoms with Crippen LogP contribution in [0.15, 0.2) is 42.9 Å². The molecule has 3 aromatic rings. The van der Waals surface area contributed by atoms with Crippen LogP contribution in [0.3, 0.4) is 0 Å². The normalized spacial score (nSPS) is 12.4. The summed E-state index contributed by atoms with van der Waals surface area (Å²) in [5.74, 6) is 0.799. The Morgan fingerprint density at radius 1 is 1.33 bits per heavy atom. The number of rotatable bonds is 5. The molecule has 2 heterocycles. The minimum atomic E-state index is -0.0716. The Bertz CT molecular complexity index is 730. The highest BCUT2D eigenvalue weighted by atomic mass is 16.1. The van der Waals surface area contributed by atoms with Crippen LogP contribution in [0.5, 0.6) is 0 Å². The largest absolute Gasteiger partial charge is 0.361 e. The Morgan fingerprint density at radius 3 is 2.95 bits per heavy atom. The van der Waals surface area contributed by atoms with Gasteiger partial charge in [-0.05, 0) is 18.1 Å². The van der Waals surface area contributed by atoms with Crippen LogP contribution in [0.1, 0.15) is 30.8 Å². The van der Waals surface area contributed by atoms with Gasteiger partial charge in [-0.15, -0.1) is 0 Å². The number of amides is 1. The highest BCUT2D eigenvalue weighted by Crippen LogP contribution is 2.19. The predicted molar refractivity (Wildman–Crippen MR) is 81.8 cm³/mol. The van der Waals surface area contributed by atoms with Gasteiger partial charge in [-0.3, -0.25) is 4.79 Å². The fourth-order valence-corrected chi connectivity index (χ4v) is 2.53. The minimum Gasteiger partial charge on any atom is -0.361 e. The Kier molecular flexibility index (Phi) is 3.73. The van der Waals surface area contributed by atoms with Crippen LogP contribution in [-0.4, -0.2) is 20.9 Å². The van der Waals surface area contributed by atoms with Crippen molar-refractivity contribution >= 4 is 16.8 Å². The standard InChI is InChI=1S/C16H18N4O/c1-2-13(16-17-7-8-18-16)20-15(21)9-11-10-19-14-6-4-3-5-12(11)14/h3-8,10,13,19H,2,9H2,1H3,(H,17,18)(H,20,21). The number of benzene rings is 1. The first-order valence-electron chi connectivity index (χ1n) is 7.11. The monoisotopic (exact) mass is 282 g/mol. The highest BCUT2D eigenvalue weighted by Gasteiger charge is 2.16. The van der Waals surface area contributed by atoms with Crippen molar-refractivity contribution in [3.63, 3.8) is 0 Å². The fourth-order valence-electron chi connectivity index (χ4n) is 2.53. The molecule has 5 heteroatoms.